The molecular formula is CH4INS. The molecule has 0 spiro atoms. The molecule has 0 aromatic rings. The predicted molar refractivity (Wildman–Crippen MR) is 30.7 cm³/mol. The fourth-order valence-corrected chi connectivity index (χ4v) is 0. The molecule has 0 bridgehead atoms. The summed E-state index contributed by atoms with van der Waals surface area (Å²) in [7, 11) is 3.46. The van der Waals surface area contributed by atoms with Gasteiger partial charge in [0, 0.05) is 21.2 Å². The average molecular weight is 189 g/mol. The molecular weight excluding hydrogens is 185 g/mol. The predicted octanol–water partition coefficient (Wildman–Crippen LogP) is 1.20. The molecule has 26 valence electrons. The lowest BCUT2D eigenvalue weighted by Crippen LogP contribution is -1.81. The van der Waals surface area contributed by atoms with Crippen LogP contribution in [0.3, 0.4) is 0 Å². The molecule has 0 amide bonds. The summed E-state index contributed by atoms with van der Waals surface area (Å²) in [6.07, 6.45) is 0. The van der Waals surface area contributed by atoms with Crippen LogP contribution in [-0.2, 0) is 0 Å². The highest BCUT2D eigenvalue weighted by Crippen LogP contribution is 2.00. The Balaban J connectivity index is 1.97. The lowest BCUT2D eigenvalue weighted by Gasteiger charge is -1.72. The molecule has 0 atom stereocenters. The van der Waals surface area contributed by atoms with Gasteiger partial charge in [-0.05, 0) is 16.2 Å². The van der Waals surface area contributed by atoms with Crippen molar-refractivity contribution >= 4 is 30.3 Å². The van der Waals surface area contributed by atoms with Gasteiger partial charge in [0.25, 0.3) is 0 Å². The Morgan fingerprint density at radius 3 is 2.25 bits per heavy atom. The number of hydrogen-bond acceptors (Lipinski definition) is 2. The topological polar surface area (TPSA) is 12.0 Å². The van der Waals surface area contributed by atoms with Gasteiger partial charge in [0.05, 0.1) is 0 Å². The zero-order chi connectivity index (χ0) is 3.41. The van der Waals surface area contributed by atoms with Crippen molar-refractivity contribution in [2.24, 2.45) is 0 Å². The smallest absolute Gasteiger partial charge is 0.0143 e. The molecule has 0 radical (unpaired) electrons. The van der Waals surface area contributed by atoms with Crippen LogP contribution in [0, 0.1) is 0 Å². The number of hydrogen-bond donors (Lipinski definition) is 1. The van der Waals surface area contributed by atoms with Gasteiger partial charge in [-0.15, -0.1) is 0 Å². The van der Waals surface area contributed by atoms with Crippen LogP contribution in [0.25, 0.3) is 0 Å². The Morgan fingerprint density at radius 2 is 2.25 bits per heavy atom. The summed E-state index contributed by atoms with van der Waals surface area (Å²) in [6.45, 7) is 0. The van der Waals surface area contributed by atoms with Crippen molar-refractivity contribution in [1.82, 2.24) is 4.72 Å². The standard InChI is InChI=1S/CH4INS/c1-3-4-2/h3H,1H3. The number of halogens is 1. The summed E-state index contributed by atoms with van der Waals surface area (Å²) in [5, 5.41) is 0. The average Bonchev–Trinajstić information content (AvgIpc) is 1.37. The molecule has 1 nitrogen and oxygen atoms in total. The molecule has 3 heteroatoms. The third-order valence-electron chi connectivity index (χ3n) is 0.0772. The summed E-state index contributed by atoms with van der Waals surface area (Å²) < 4.78 is 2.83. The highest BCUT2D eigenvalue weighted by Gasteiger charge is 1.53. The van der Waals surface area contributed by atoms with Crippen LogP contribution in [-0.4, -0.2) is 7.05 Å². The maximum absolute atomic E-state index is 2.83. The van der Waals surface area contributed by atoms with Gasteiger partial charge >= 0.3 is 0 Å². The molecule has 0 aromatic carbocycles. The van der Waals surface area contributed by atoms with Gasteiger partial charge in [0.2, 0.25) is 0 Å². The van der Waals surface area contributed by atoms with Gasteiger partial charge in [-0.1, -0.05) is 0 Å². The molecule has 0 aliphatic carbocycles. The zero-order valence-corrected chi connectivity index (χ0v) is 5.26. The molecule has 0 saturated heterocycles. The van der Waals surface area contributed by atoms with E-state index in [1.165, 1.54) is 0 Å². The SMILES string of the molecule is CNSI. The monoisotopic (exact) mass is 189 g/mol. The van der Waals surface area contributed by atoms with Crippen LogP contribution in [0.4, 0.5) is 0 Å². The second-order valence-electron chi connectivity index (χ2n) is 0.281. The van der Waals surface area contributed by atoms with Crippen molar-refractivity contribution in [2.75, 3.05) is 7.05 Å². The van der Waals surface area contributed by atoms with Crippen molar-refractivity contribution in [2.45, 2.75) is 0 Å². The minimum atomic E-state index is 1.58. The first kappa shape index (κ1) is 5.04. The Bertz CT molecular complexity index is 10.0. The fraction of sp³-hybridized carbons (Fsp3) is 1.00. The van der Waals surface area contributed by atoms with E-state index in [2.05, 4.69) is 25.9 Å². The molecule has 0 aliphatic heterocycles. The van der Waals surface area contributed by atoms with E-state index in [0.29, 0.717) is 0 Å². The van der Waals surface area contributed by atoms with E-state index < -0.39 is 0 Å². The summed E-state index contributed by atoms with van der Waals surface area (Å²) in [4.78, 5) is 0. The van der Waals surface area contributed by atoms with Crippen LogP contribution in [0.15, 0.2) is 0 Å². The zero-order valence-electron chi connectivity index (χ0n) is 2.29. The van der Waals surface area contributed by atoms with Crippen LogP contribution in [0.5, 0.6) is 0 Å². The lowest BCUT2D eigenvalue weighted by atomic mass is 11.6. The summed E-state index contributed by atoms with van der Waals surface area (Å²) in [5.74, 6) is 0. The largest absolute Gasteiger partial charge is 0.258 e. The molecule has 0 aliphatic rings. The molecule has 4 heavy (non-hydrogen) atoms. The minimum absolute atomic E-state index is 1.58. The minimum Gasteiger partial charge on any atom is -0.258 e. The van der Waals surface area contributed by atoms with Crippen LogP contribution < -0.4 is 4.72 Å². The normalized spacial score (nSPS) is 7.50. The first-order valence-electron chi connectivity index (χ1n) is 0.858. The number of rotatable bonds is 1. The summed E-state index contributed by atoms with van der Waals surface area (Å²) >= 11 is 2.16. The van der Waals surface area contributed by atoms with E-state index in [1.807, 2.05) is 7.05 Å². The van der Waals surface area contributed by atoms with E-state index in [4.69, 9.17) is 0 Å². The molecule has 0 saturated carbocycles. The van der Waals surface area contributed by atoms with Crippen LogP contribution in [0.1, 0.15) is 0 Å². The maximum Gasteiger partial charge on any atom is 0.0143 e. The van der Waals surface area contributed by atoms with Crippen molar-refractivity contribution in [3.8, 4) is 0 Å². The third kappa shape index (κ3) is 3.04. The Hall–Kier alpha value is 1.04. The Labute approximate surface area is 42.3 Å². The Kier molecular flexibility index (Phi) is 5.09. The second-order valence-corrected chi connectivity index (χ2v) is 2.17. The highest BCUT2D eigenvalue weighted by molar-refractivity contribution is 14.2. The van der Waals surface area contributed by atoms with Gasteiger partial charge in [0.1, 0.15) is 0 Å². The lowest BCUT2D eigenvalue weighted by molar-refractivity contribution is 1.32. The van der Waals surface area contributed by atoms with Crippen LogP contribution >= 0.6 is 30.3 Å². The second kappa shape index (κ2) is 4.04. The van der Waals surface area contributed by atoms with Gasteiger partial charge in [-0.3, -0.25) is 4.72 Å². The molecule has 0 aromatic heterocycles. The van der Waals surface area contributed by atoms with Gasteiger partial charge in [0.15, 0.2) is 0 Å². The van der Waals surface area contributed by atoms with Crippen molar-refractivity contribution in [3.05, 3.63) is 0 Å². The first-order chi connectivity index (χ1) is 1.91. The van der Waals surface area contributed by atoms with Crippen molar-refractivity contribution in [3.63, 3.8) is 0 Å². The summed E-state index contributed by atoms with van der Waals surface area (Å²) in [5.41, 5.74) is 0. The Morgan fingerprint density at radius 1 is 2.00 bits per heavy atom. The van der Waals surface area contributed by atoms with E-state index in [-0.39, 0.29) is 0 Å². The fourth-order valence-electron chi connectivity index (χ4n) is 0. The van der Waals surface area contributed by atoms with E-state index in [1.54, 1.807) is 9.12 Å². The van der Waals surface area contributed by atoms with E-state index in [0.717, 1.165) is 0 Å². The quantitative estimate of drug-likeness (QED) is 0.491. The summed E-state index contributed by atoms with van der Waals surface area (Å²) in [6, 6.07) is 0. The van der Waals surface area contributed by atoms with Gasteiger partial charge < -0.3 is 0 Å². The molecule has 0 rings (SSSR count). The molecule has 0 heterocycles. The molecule has 0 fully saturated rings. The van der Waals surface area contributed by atoms with Crippen LogP contribution in [0.2, 0.25) is 0 Å². The van der Waals surface area contributed by atoms with Gasteiger partial charge in [-0.2, -0.15) is 0 Å². The number of nitrogens with one attached hydrogen (secondary N) is 1. The van der Waals surface area contributed by atoms with Gasteiger partial charge in [-0.25, -0.2) is 0 Å². The first-order valence-corrected chi connectivity index (χ1v) is 4.22. The molecule has 1 N–H and O–H groups in total. The van der Waals surface area contributed by atoms with E-state index >= 15 is 0 Å². The van der Waals surface area contributed by atoms with Crippen molar-refractivity contribution < 1.29 is 0 Å². The highest BCUT2D eigenvalue weighted by atomic mass is 127. The molecule has 0 unspecified atom stereocenters. The third-order valence-corrected chi connectivity index (χ3v) is 1.55. The van der Waals surface area contributed by atoms with E-state index in [9.17, 15) is 0 Å². The van der Waals surface area contributed by atoms with Crippen molar-refractivity contribution in [1.29, 1.82) is 0 Å². The maximum atomic E-state index is 2.83.